The third kappa shape index (κ3) is 7.60. The maximum absolute atomic E-state index is 6.65. The molecule has 0 radical (unpaired) electrons. The fourth-order valence-electron chi connectivity index (χ4n) is 2.96. The fraction of sp³-hybridized carbons (Fsp3) is 0.684. The molecule has 1 aromatic carbocycles. The highest BCUT2D eigenvalue weighted by Crippen LogP contribution is 2.32. The molecule has 0 N–H and O–H groups in total. The number of hydrogen-bond donors (Lipinski definition) is 0. The summed E-state index contributed by atoms with van der Waals surface area (Å²) in [6.07, 6.45) is 7.60. The molecule has 1 rings (SSSR count). The molecule has 1 aromatic rings. The van der Waals surface area contributed by atoms with Crippen LogP contribution in [0.1, 0.15) is 64.9 Å². The highest BCUT2D eigenvalue weighted by molar-refractivity contribution is 6.73. The summed E-state index contributed by atoms with van der Waals surface area (Å²) in [6, 6.07) is 9.58. The van der Waals surface area contributed by atoms with Crippen molar-refractivity contribution in [3.63, 3.8) is 0 Å². The summed E-state index contributed by atoms with van der Waals surface area (Å²) < 4.78 is 6.65. The van der Waals surface area contributed by atoms with Gasteiger partial charge in [-0.1, -0.05) is 88.6 Å². The molecule has 0 fully saturated rings. The third-order valence-corrected chi connectivity index (χ3v) is 9.64. The highest BCUT2D eigenvalue weighted by Gasteiger charge is 2.33. The zero-order valence-corrected chi connectivity index (χ0v) is 17.5. The van der Waals surface area contributed by atoms with Crippen LogP contribution in [0.2, 0.25) is 28.2 Å². The first-order valence-electron chi connectivity index (χ1n) is 9.14. The second-order valence-electron chi connectivity index (χ2n) is 6.52. The summed E-state index contributed by atoms with van der Waals surface area (Å²) in [5, 5.41) is 1.41. The van der Waals surface area contributed by atoms with Gasteiger partial charge in [0.2, 0.25) is 0 Å². The van der Waals surface area contributed by atoms with Crippen molar-refractivity contribution in [2.24, 2.45) is 0 Å². The molecule has 4 heteroatoms. The molecule has 0 unspecified atom stereocenters. The molecule has 0 saturated carbocycles. The molecule has 0 spiro atoms. The van der Waals surface area contributed by atoms with Crippen LogP contribution < -0.4 is 0 Å². The molecule has 23 heavy (non-hydrogen) atoms. The van der Waals surface area contributed by atoms with E-state index in [1.54, 1.807) is 0 Å². The lowest BCUT2D eigenvalue weighted by atomic mass is 10.2. The second kappa shape index (κ2) is 11.5. The highest BCUT2D eigenvalue weighted by atomic mass is 35.5. The maximum atomic E-state index is 6.65. The van der Waals surface area contributed by atoms with Crippen molar-refractivity contribution >= 4 is 31.5 Å². The Bertz CT molecular complexity index is 429. The SMILES string of the molecule is CCCC[Si](CCCC)(CCCC)OCc1ccc(Cl)cc1Cl. The van der Waals surface area contributed by atoms with Crippen LogP contribution in [0.4, 0.5) is 0 Å². The van der Waals surface area contributed by atoms with Crippen LogP contribution in [0, 0.1) is 0 Å². The van der Waals surface area contributed by atoms with Crippen molar-refractivity contribution in [1.82, 2.24) is 0 Å². The molecule has 0 atom stereocenters. The van der Waals surface area contributed by atoms with Crippen LogP contribution in [0.3, 0.4) is 0 Å². The molecule has 1 nitrogen and oxygen atoms in total. The van der Waals surface area contributed by atoms with Crippen molar-refractivity contribution < 1.29 is 4.43 Å². The minimum Gasteiger partial charge on any atom is -0.412 e. The van der Waals surface area contributed by atoms with Gasteiger partial charge in [-0.25, -0.2) is 0 Å². The van der Waals surface area contributed by atoms with Gasteiger partial charge in [0.25, 0.3) is 0 Å². The van der Waals surface area contributed by atoms with E-state index in [-0.39, 0.29) is 0 Å². The Morgan fingerprint density at radius 3 is 1.83 bits per heavy atom. The summed E-state index contributed by atoms with van der Waals surface area (Å²) in [7, 11) is -1.67. The van der Waals surface area contributed by atoms with E-state index in [0.717, 1.165) is 10.6 Å². The molecule has 0 aliphatic heterocycles. The molecule has 0 saturated heterocycles. The van der Waals surface area contributed by atoms with E-state index >= 15 is 0 Å². The molecule has 0 bridgehead atoms. The summed E-state index contributed by atoms with van der Waals surface area (Å²) >= 11 is 12.3. The van der Waals surface area contributed by atoms with Gasteiger partial charge in [0.15, 0.2) is 8.32 Å². The van der Waals surface area contributed by atoms with Gasteiger partial charge in [0.1, 0.15) is 0 Å². The van der Waals surface area contributed by atoms with Gasteiger partial charge in [0, 0.05) is 10.0 Å². The number of benzene rings is 1. The van der Waals surface area contributed by atoms with Gasteiger partial charge in [0.05, 0.1) is 6.61 Å². The van der Waals surface area contributed by atoms with Gasteiger partial charge in [-0.15, -0.1) is 0 Å². The smallest absolute Gasteiger partial charge is 0.193 e. The van der Waals surface area contributed by atoms with Gasteiger partial charge >= 0.3 is 0 Å². The van der Waals surface area contributed by atoms with Crippen molar-refractivity contribution in [3.8, 4) is 0 Å². The van der Waals surface area contributed by atoms with E-state index in [1.165, 1.54) is 56.7 Å². The Labute approximate surface area is 153 Å². The zero-order chi connectivity index (χ0) is 17.1. The number of halogens is 2. The minimum absolute atomic E-state index is 0.638. The van der Waals surface area contributed by atoms with Crippen LogP contribution in [0.5, 0.6) is 0 Å². The zero-order valence-electron chi connectivity index (χ0n) is 15.0. The summed E-state index contributed by atoms with van der Waals surface area (Å²) in [5.74, 6) is 0. The van der Waals surface area contributed by atoms with Gasteiger partial charge in [-0.2, -0.15) is 0 Å². The monoisotopic (exact) mass is 374 g/mol. The van der Waals surface area contributed by atoms with Crippen molar-refractivity contribution in [1.29, 1.82) is 0 Å². The average Bonchev–Trinajstić information content (AvgIpc) is 2.55. The van der Waals surface area contributed by atoms with E-state index < -0.39 is 8.32 Å². The topological polar surface area (TPSA) is 9.23 Å². The van der Waals surface area contributed by atoms with Crippen molar-refractivity contribution in [2.75, 3.05) is 0 Å². The third-order valence-electron chi connectivity index (χ3n) is 4.51. The predicted octanol–water partition coefficient (Wildman–Crippen LogP) is 7.86. The molecular formula is C19H32Cl2OSi. The fourth-order valence-corrected chi connectivity index (χ4v) is 8.06. The first kappa shape index (κ1) is 21.0. The molecule has 0 aromatic heterocycles. The largest absolute Gasteiger partial charge is 0.412 e. The van der Waals surface area contributed by atoms with Crippen LogP contribution in [0.15, 0.2) is 18.2 Å². The predicted molar refractivity (Wildman–Crippen MR) is 106 cm³/mol. The quantitative estimate of drug-likeness (QED) is 0.338. The molecule has 0 aliphatic carbocycles. The first-order valence-corrected chi connectivity index (χ1v) is 12.4. The number of rotatable bonds is 12. The van der Waals surface area contributed by atoms with Gasteiger partial charge in [-0.3, -0.25) is 0 Å². The minimum atomic E-state index is -1.67. The van der Waals surface area contributed by atoms with Gasteiger partial charge < -0.3 is 4.43 Å². The van der Waals surface area contributed by atoms with Crippen LogP contribution in [-0.4, -0.2) is 8.32 Å². The Morgan fingerprint density at radius 2 is 1.39 bits per heavy atom. The Hall–Kier alpha value is -0.0231. The first-order chi connectivity index (χ1) is 11.1. The second-order valence-corrected chi connectivity index (χ2v) is 11.5. The maximum Gasteiger partial charge on any atom is 0.193 e. The lowest BCUT2D eigenvalue weighted by Crippen LogP contribution is -2.38. The Balaban J connectivity index is 2.82. The van der Waals surface area contributed by atoms with E-state index in [2.05, 4.69) is 20.8 Å². The van der Waals surface area contributed by atoms with Crippen LogP contribution >= 0.6 is 23.2 Å². The summed E-state index contributed by atoms with van der Waals surface area (Å²) in [4.78, 5) is 0. The van der Waals surface area contributed by atoms with E-state index in [0.29, 0.717) is 11.6 Å². The van der Waals surface area contributed by atoms with Crippen molar-refractivity contribution in [3.05, 3.63) is 33.8 Å². The Kier molecular flexibility index (Phi) is 10.5. The van der Waals surface area contributed by atoms with Crippen LogP contribution in [-0.2, 0) is 11.0 Å². The van der Waals surface area contributed by atoms with Crippen LogP contribution in [0.25, 0.3) is 0 Å². The number of unbranched alkanes of at least 4 members (excludes halogenated alkanes) is 3. The normalized spacial score (nSPS) is 11.9. The molecular weight excluding hydrogens is 343 g/mol. The number of hydrogen-bond acceptors (Lipinski definition) is 1. The molecule has 132 valence electrons. The lowest BCUT2D eigenvalue weighted by Gasteiger charge is -2.32. The Morgan fingerprint density at radius 1 is 0.870 bits per heavy atom. The average molecular weight is 375 g/mol. The summed E-state index contributed by atoms with van der Waals surface area (Å²) in [5.41, 5.74) is 1.07. The molecule has 0 aliphatic rings. The lowest BCUT2D eigenvalue weighted by molar-refractivity contribution is 0.281. The van der Waals surface area contributed by atoms with E-state index in [1.807, 2.05) is 18.2 Å². The molecule has 0 heterocycles. The van der Waals surface area contributed by atoms with E-state index in [9.17, 15) is 0 Å². The summed E-state index contributed by atoms with van der Waals surface area (Å²) in [6.45, 7) is 7.46. The van der Waals surface area contributed by atoms with E-state index in [4.69, 9.17) is 27.6 Å². The van der Waals surface area contributed by atoms with Crippen molar-refractivity contribution in [2.45, 2.75) is 84.0 Å². The molecule has 0 amide bonds. The van der Waals surface area contributed by atoms with Gasteiger partial charge in [-0.05, 0) is 35.8 Å². The standard InChI is InChI=1S/C19H32Cl2OSi/c1-4-7-12-23(13-8-5-2,14-9-6-3)22-16-17-10-11-18(20)15-19(17)21/h10-11,15H,4-9,12-14,16H2,1-3H3.